The molecule has 0 aromatic rings. The molecule has 0 fully saturated rings. The van der Waals surface area contributed by atoms with E-state index in [1.807, 2.05) is 27.7 Å². The van der Waals surface area contributed by atoms with Crippen LogP contribution >= 0.6 is 7.82 Å². The number of phosphoric acid groups is 1. The molecule has 0 amide bonds. The lowest BCUT2D eigenvalue weighted by Gasteiger charge is -2.26. The van der Waals surface area contributed by atoms with Crippen LogP contribution in [-0.4, -0.2) is 17.6 Å². The van der Waals surface area contributed by atoms with Gasteiger partial charge >= 0.3 is 7.82 Å². The van der Waals surface area contributed by atoms with Gasteiger partial charge in [-0.3, -0.25) is 9.05 Å². The van der Waals surface area contributed by atoms with Gasteiger partial charge in [0.2, 0.25) is 0 Å². The summed E-state index contributed by atoms with van der Waals surface area (Å²) in [5, 5.41) is 0. The molecule has 0 saturated carbocycles. The molecular weight excluding hydrogens is 203 g/mol. The van der Waals surface area contributed by atoms with Gasteiger partial charge in [-0.05, 0) is 18.8 Å². The fraction of sp³-hybridized carbons (Fsp3) is 1.00. The summed E-state index contributed by atoms with van der Waals surface area (Å²) in [4.78, 5) is 9.29. The number of phosphoric ester groups is 1. The quantitative estimate of drug-likeness (QED) is 0.705. The lowest BCUT2D eigenvalue weighted by Crippen LogP contribution is -2.25. The Bertz CT molecular complexity index is 195. The van der Waals surface area contributed by atoms with E-state index >= 15 is 0 Å². The van der Waals surface area contributed by atoms with Crippen molar-refractivity contribution in [3.05, 3.63) is 0 Å². The maximum atomic E-state index is 11.3. The molecule has 1 N–H and O–H groups in total. The Balaban J connectivity index is 4.36. The lowest BCUT2D eigenvalue weighted by molar-refractivity contribution is 0.0526. The minimum Gasteiger partial charge on any atom is -0.302 e. The third-order valence-corrected chi connectivity index (χ3v) is 2.96. The Hall–Kier alpha value is 0.110. The molecule has 14 heavy (non-hydrogen) atoms. The van der Waals surface area contributed by atoms with Crippen molar-refractivity contribution in [2.24, 2.45) is 11.8 Å². The molecule has 0 aromatic carbocycles. The van der Waals surface area contributed by atoms with Crippen LogP contribution in [0, 0.1) is 11.8 Å². The monoisotopic (exact) mass is 224 g/mol. The van der Waals surface area contributed by atoms with Gasteiger partial charge in [-0.25, -0.2) is 4.57 Å². The molecule has 0 aliphatic carbocycles. The Morgan fingerprint density at radius 2 is 1.64 bits per heavy atom. The Kier molecular flexibility index (Phi) is 5.91. The normalized spacial score (nSPS) is 16.6. The fourth-order valence-electron chi connectivity index (χ4n) is 1.36. The van der Waals surface area contributed by atoms with Crippen LogP contribution in [-0.2, 0) is 13.6 Å². The van der Waals surface area contributed by atoms with Crippen LogP contribution in [0.25, 0.3) is 0 Å². The second kappa shape index (κ2) is 5.86. The van der Waals surface area contributed by atoms with E-state index in [1.54, 1.807) is 6.92 Å². The van der Waals surface area contributed by atoms with Crippen molar-refractivity contribution in [2.75, 3.05) is 6.61 Å². The van der Waals surface area contributed by atoms with E-state index in [2.05, 4.69) is 4.52 Å². The second-order valence-corrected chi connectivity index (χ2v) is 5.35. The smallest absolute Gasteiger partial charge is 0.302 e. The third kappa shape index (κ3) is 5.11. The molecule has 0 rings (SSSR count). The summed E-state index contributed by atoms with van der Waals surface area (Å²) in [6, 6.07) is 0. The molecule has 0 bridgehead atoms. The second-order valence-electron chi connectivity index (χ2n) is 3.94. The number of hydrogen-bond donors (Lipinski definition) is 1. The van der Waals surface area contributed by atoms with E-state index in [9.17, 15) is 9.46 Å². The van der Waals surface area contributed by atoms with E-state index in [1.165, 1.54) is 0 Å². The van der Waals surface area contributed by atoms with Crippen LogP contribution in [0.3, 0.4) is 0 Å². The van der Waals surface area contributed by atoms with Gasteiger partial charge in [-0.1, -0.05) is 27.7 Å². The topological polar surface area (TPSA) is 55.8 Å². The average molecular weight is 224 g/mol. The van der Waals surface area contributed by atoms with Crippen molar-refractivity contribution in [1.82, 2.24) is 0 Å². The summed E-state index contributed by atoms with van der Waals surface area (Å²) in [5.41, 5.74) is 0. The minimum atomic E-state index is -3.86. The van der Waals surface area contributed by atoms with Crippen molar-refractivity contribution in [3.8, 4) is 0 Å². The minimum absolute atomic E-state index is 0.177. The summed E-state index contributed by atoms with van der Waals surface area (Å²) >= 11 is 0. The standard InChI is InChI=1S/C9H21O4P/c1-6-12-14(10,11)13-9(7(2)3)8(4)5/h7-9H,6H2,1-5H3,(H,10,11). The molecule has 0 saturated heterocycles. The molecule has 1 unspecified atom stereocenters. The maximum Gasteiger partial charge on any atom is 0.472 e. The zero-order chi connectivity index (χ0) is 11.4. The SMILES string of the molecule is CCOP(=O)(O)OC(C(C)C)C(C)C. The van der Waals surface area contributed by atoms with Gasteiger partial charge in [0.05, 0.1) is 12.7 Å². The van der Waals surface area contributed by atoms with Gasteiger partial charge < -0.3 is 4.89 Å². The van der Waals surface area contributed by atoms with Crippen molar-refractivity contribution < 1.29 is 18.5 Å². The zero-order valence-corrected chi connectivity index (χ0v) is 10.5. The highest BCUT2D eigenvalue weighted by molar-refractivity contribution is 7.47. The molecule has 0 aliphatic rings. The van der Waals surface area contributed by atoms with Crippen molar-refractivity contribution in [2.45, 2.75) is 40.7 Å². The zero-order valence-electron chi connectivity index (χ0n) is 9.56. The van der Waals surface area contributed by atoms with Gasteiger partial charge in [0.1, 0.15) is 0 Å². The largest absolute Gasteiger partial charge is 0.472 e. The lowest BCUT2D eigenvalue weighted by atomic mass is 9.97. The molecule has 0 radical (unpaired) electrons. The van der Waals surface area contributed by atoms with Gasteiger partial charge in [-0.2, -0.15) is 0 Å². The molecular formula is C9H21O4P. The highest BCUT2D eigenvalue weighted by Gasteiger charge is 2.29. The summed E-state index contributed by atoms with van der Waals surface area (Å²) in [6.07, 6.45) is -0.252. The molecule has 4 nitrogen and oxygen atoms in total. The molecule has 0 aromatic heterocycles. The van der Waals surface area contributed by atoms with Crippen molar-refractivity contribution in [3.63, 3.8) is 0 Å². The van der Waals surface area contributed by atoms with Gasteiger partial charge in [0.25, 0.3) is 0 Å². The predicted octanol–water partition coefficient (Wildman–Crippen LogP) is 2.82. The van der Waals surface area contributed by atoms with Gasteiger partial charge in [-0.15, -0.1) is 0 Å². The van der Waals surface area contributed by atoms with Crippen LogP contribution < -0.4 is 0 Å². The molecule has 5 heteroatoms. The molecule has 0 heterocycles. The first-order chi connectivity index (χ1) is 6.30. The van der Waals surface area contributed by atoms with Crippen LogP contribution in [0.1, 0.15) is 34.6 Å². The average Bonchev–Trinajstić information content (AvgIpc) is 1.99. The first-order valence-electron chi connectivity index (χ1n) is 4.96. The van der Waals surface area contributed by atoms with Crippen molar-refractivity contribution in [1.29, 1.82) is 0 Å². The van der Waals surface area contributed by atoms with E-state index in [0.717, 1.165) is 0 Å². The highest BCUT2D eigenvalue weighted by atomic mass is 31.2. The summed E-state index contributed by atoms with van der Waals surface area (Å²) in [7, 11) is -3.86. The maximum absolute atomic E-state index is 11.3. The molecule has 86 valence electrons. The van der Waals surface area contributed by atoms with Crippen LogP contribution in [0.5, 0.6) is 0 Å². The Morgan fingerprint density at radius 3 is 1.93 bits per heavy atom. The van der Waals surface area contributed by atoms with Crippen LogP contribution in [0.15, 0.2) is 0 Å². The molecule has 0 spiro atoms. The van der Waals surface area contributed by atoms with E-state index in [4.69, 9.17) is 4.52 Å². The summed E-state index contributed by atoms with van der Waals surface area (Å²) in [6.45, 7) is 9.66. The first kappa shape index (κ1) is 14.1. The predicted molar refractivity (Wildman–Crippen MR) is 56.0 cm³/mol. The number of rotatable bonds is 6. The molecule has 0 aliphatic heterocycles. The first-order valence-corrected chi connectivity index (χ1v) is 6.45. The van der Waals surface area contributed by atoms with Crippen LogP contribution in [0.4, 0.5) is 0 Å². The van der Waals surface area contributed by atoms with Gasteiger partial charge in [0, 0.05) is 0 Å². The van der Waals surface area contributed by atoms with Crippen molar-refractivity contribution >= 4 is 7.82 Å². The Labute approximate surface area is 86.2 Å². The summed E-state index contributed by atoms with van der Waals surface area (Å²) in [5.74, 6) is 0.381. The summed E-state index contributed by atoms with van der Waals surface area (Å²) < 4.78 is 21.1. The van der Waals surface area contributed by atoms with E-state index < -0.39 is 7.82 Å². The number of hydrogen-bond acceptors (Lipinski definition) is 3. The third-order valence-electron chi connectivity index (χ3n) is 1.86. The molecule has 1 atom stereocenters. The van der Waals surface area contributed by atoms with E-state index in [0.29, 0.717) is 0 Å². The Morgan fingerprint density at radius 1 is 1.21 bits per heavy atom. The fourth-order valence-corrected chi connectivity index (χ4v) is 2.54. The van der Waals surface area contributed by atoms with Gasteiger partial charge in [0.15, 0.2) is 0 Å². The van der Waals surface area contributed by atoms with Crippen LogP contribution in [0.2, 0.25) is 0 Å². The highest BCUT2D eigenvalue weighted by Crippen LogP contribution is 2.46. The van der Waals surface area contributed by atoms with E-state index in [-0.39, 0.29) is 24.5 Å².